The van der Waals surface area contributed by atoms with E-state index in [2.05, 4.69) is 15.7 Å². The molecule has 0 radical (unpaired) electrons. The second-order valence-corrected chi connectivity index (χ2v) is 7.68. The van der Waals surface area contributed by atoms with Gasteiger partial charge in [-0.2, -0.15) is 5.10 Å². The molecule has 8 heteroatoms. The van der Waals surface area contributed by atoms with E-state index in [1.54, 1.807) is 23.7 Å². The molecule has 1 saturated carbocycles. The number of halogens is 1. The molecule has 0 spiro atoms. The van der Waals surface area contributed by atoms with Crippen molar-refractivity contribution in [3.05, 3.63) is 53.1 Å². The van der Waals surface area contributed by atoms with Crippen molar-refractivity contribution in [2.75, 3.05) is 0 Å². The summed E-state index contributed by atoms with van der Waals surface area (Å²) in [5, 5.41) is 20.1. The molecule has 3 atom stereocenters. The van der Waals surface area contributed by atoms with E-state index in [1.165, 1.54) is 6.07 Å². The molecule has 1 heterocycles. The molecule has 3 rings (SSSR count). The van der Waals surface area contributed by atoms with Gasteiger partial charge in [-0.25, -0.2) is 4.39 Å². The van der Waals surface area contributed by atoms with Crippen LogP contribution in [0.2, 0.25) is 0 Å². The number of aliphatic hydroxyl groups is 1. The van der Waals surface area contributed by atoms with Gasteiger partial charge in [0.1, 0.15) is 5.82 Å². The van der Waals surface area contributed by atoms with Gasteiger partial charge in [0, 0.05) is 31.6 Å². The summed E-state index contributed by atoms with van der Waals surface area (Å²) in [5.41, 5.74) is 2.12. The molecule has 1 aliphatic carbocycles. The Hall–Kier alpha value is -2.74. The van der Waals surface area contributed by atoms with Crippen molar-refractivity contribution in [1.29, 1.82) is 0 Å². The van der Waals surface area contributed by atoms with E-state index >= 15 is 0 Å². The Balaban J connectivity index is 1.44. The first-order valence-corrected chi connectivity index (χ1v) is 9.82. The molecule has 0 bridgehead atoms. The zero-order chi connectivity index (χ0) is 21.0. The number of aromatic nitrogens is 2. The van der Waals surface area contributed by atoms with Gasteiger partial charge in [-0.15, -0.1) is 0 Å². The van der Waals surface area contributed by atoms with Crippen LogP contribution >= 0.6 is 0 Å². The van der Waals surface area contributed by atoms with Crippen LogP contribution in [0.4, 0.5) is 4.39 Å². The fourth-order valence-corrected chi connectivity index (χ4v) is 3.55. The highest BCUT2D eigenvalue weighted by Gasteiger charge is 2.37. The van der Waals surface area contributed by atoms with Gasteiger partial charge in [-0.3, -0.25) is 14.3 Å². The summed E-state index contributed by atoms with van der Waals surface area (Å²) in [6, 6.07) is 6.27. The van der Waals surface area contributed by atoms with Gasteiger partial charge in [0.25, 0.3) is 0 Å². The minimum absolute atomic E-state index is 0.182. The fourth-order valence-electron chi connectivity index (χ4n) is 3.55. The number of benzene rings is 1. The first kappa shape index (κ1) is 21.0. The largest absolute Gasteiger partial charge is 0.391 e. The topological polar surface area (TPSA) is 96.2 Å². The van der Waals surface area contributed by atoms with Crippen LogP contribution in [0.1, 0.15) is 36.1 Å². The minimum Gasteiger partial charge on any atom is -0.391 e. The molecular formula is C21H27FN4O3. The second kappa shape index (κ2) is 9.17. The second-order valence-electron chi connectivity index (χ2n) is 7.68. The monoisotopic (exact) mass is 402 g/mol. The zero-order valence-electron chi connectivity index (χ0n) is 16.7. The molecule has 0 unspecified atom stereocenters. The number of nitrogens with one attached hydrogen (secondary N) is 2. The van der Waals surface area contributed by atoms with Crippen LogP contribution in [-0.2, 0) is 22.7 Å². The predicted molar refractivity (Wildman–Crippen MR) is 105 cm³/mol. The van der Waals surface area contributed by atoms with Crippen LogP contribution in [0.15, 0.2) is 30.5 Å². The molecule has 1 fully saturated rings. The SMILES string of the molecule is Cc1ccn(CCC(=O)N[C@H]2C[C@H](C(=O)NCc3ccc(C)c(F)c3)C[C@@H]2O)n1. The smallest absolute Gasteiger partial charge is 0.223 e. The molecular weight excluding hydrogens is 375 g/mol. The Morgan fingerprint density at radius 3 is 2.76 bits per heavy atom. The highest BCUT2D eigenvalue weighted by atomic mass is 19.1. The molecule has 7 nitrogen and oxygen atoms in total. The first-order valence-electron chi connectivity index (χ1n) is 9.82. The number of nitrogens with zero attached hydrogens (tertiary/aromatic N) is 2. The van der Waals surface area contributed by atoms with Gasteiger partial charge in [0.2, 0.25) is 11.8 Å². The summed E-state index contributed by atoms with van der Waals surface area (Å²) in [6.45, 7) is 4.25. The minimum atomic E-state index is -0.765. The van der Waals surface area contributed by atoms with Crippen molar-refractivity contribution in [3.63, 3.8) is 0 Å². The van der Waals surface area contributed by atoms with Crippen LogP contribution in [0.5, 0.6) is 0 Å². The van der Waals surface area contributed by atoms with Crippen LogP contribution < -0.4 is 10.6 Å². The summed E-state index contributed by atoms with van der Waals surface area (Å²) in [7, 11) is 0. The van der Waals surface area contributed by atoms with Gasteiger partial charge in [0.15, 0.2) is 0 Å². The van der Waals surface area contributed by atoms with Crippen LogP contribution in [0.25, 0.3) is 0 Å². The number of carbonyl (C=O) groups excluding carboxylic acids is 2. The Labute approximate surface area is 169 Å². The molecule has 1 aromatic heterocycles. The maximum absolute atomic E-state index is 13.6. The number of carbonyl (C=O) groups is 2. The van der Waals surface area contributed by atoms with E-state index in [0.29, 0.717) is 24.1 Å². The van der Waals surface area contributed by atoms with Gasteiger partial charge in [-0.1, -0.05) is 12.1 Å². The third-order valence-corrected chi connectivity index (χ3v) is 5.29. The van der Waals surface area contributed by atoms with Crippen molar-refractivity contribution in [2.24, 2.45) is 5.92 Å². The maximum Gasteiger partial charge on any atom is 0.223 e. The summed E-state index contributed by atoms with van der Waals surface area (Å²) >= 11 is 0. The number of aliphatic hydroxyl groups excluding tert-OH is 1. The third kappa shape index (κ3) is 5.63. The Bertz CT molecular complexity index is 883. The van der Waals surface area contributed by atoms with E-state index in [0.717, 1.165) is 5.69 Å². The number of amides is 2. The lowest BCUT2D eigenvalue weighted by atomic mass is 10.1. The molecule has 0 saturated heterocycles. The summed E-state index contributed by atoms with van der Waals surface area (Å²) in [6.07, 6.45) is 1.96. The number of hydrogen-bond donors (Lipinski definition) is 3. The number of hydrogen-bond acceptors (Lipinski definition) is 4. The lowest BCUT2D eigenvalue weighted by Gasteiger charge is -2.16. The third-order valence-electron chi connectivity index (χ3n) is 5.29. The number of aryl methyl sites for hydroxylation is 3. The van der Waals surface area contributed by atoms with Crippen molar-refractivity contribution in [2.45, 2.75) is 58.3 Å². The maximum atomic E-state index is 13.6. The van der Waals surface area contributed by atoms with Gasteiger partial charge in [0.05, 0.1) is 17.8 Å². The van der Waals surface area contributed by atoms with Crippen molar-refractivity contribution in [1.82, 2.24) is 20.4 Å². The average molecular weight is 402 g/mol. The Morgan fingerprint density at radius 1 is 1.28 bits per heavy atom. The molecule has 2 aromatic rings. The predicted octanol–water partition coefficient (Wildman–Crippen LogP) is 1.60. The van der Waals surface area contributed by atoms with E-state index in [1.807, 2.05) is 19.2 Å². The quantitative estimate of drug-likeness (QED) is 0.656. The standard InChI is InChI=1S/C21H27FN4O3/c1-13-3-4-15(9-17(13)22)12-23-21(29)16-10-18(19(27)11-16)24-20(28)6-8-26-7-5-14(2)25-26/h3-5,7,9,16,18-19,27H,6,8,10-12H2,1-2H3,(H,23,29)(H,24,28)/t16-,18-,19-/m0/s1. The van der Waals surface area contributed by atoms with Gasteiger partial charge >= 0.3 is 0 Å². The number of rotatable bonds is 7. The Kier molecular flexibility index (Phi) is 6.64. The normalized spacial score (nSPS) is 21.2. The molecule has 156 valence electrons. The van der Waals surface area contributed by atoms with E-state index in [9.17, 15) is 19.1 Å². The van der Waals surface area contributed by atoms with Gasteiger partial charge < -0.3 is 15.7 Å². The lowest BCUT2D eigenvalue weighted by molar-refractivity contribution is -0.125. The zero-order valence-corrected chi connectivity index (χ0v) is 16.7. The molecule has 3 N–H and O–H groups in total. The van der Waals surface area contributed by atoms with Crippen LogP contribution in [-0.4, -0.2) is 38.8 Å². The molecule has 2 amide bonds. The van der Waals surface area contributed by atoms with E-state index < -0.39 is 12.1 Å². The average Bonchev–Trinajstić information content (AvgIpc) is 3.26. The van der Waals surface area contributed by atoms with Gasteiger partial charge in [-0.05, 0) is 49.9 Å². The lowest BCUT2D eigenvalue weighted by Crippen LogP contribution is -2.40. The Morgan fingerprint density at radius 2 is 2.07 bits per heavy atom. The fraction of sp³-hybridized carbons (Fsp3) is 0.476. The van der Waals surface area contributed by atoms with Crippen LogP contribution in [0, 0.1) is 25.6 Å². The first-order chi connectivity index (χ1) is 13.8. The molecule has 29 heavy (non-hydrogen) atoms. The summed E-state index contributed by atoms with van der Waals surface area (Å²) in [5.74, 6) is -1.08. The molecule has 1 aliphatic rings. The molecule has 0 aliphatic heterocycles. The van der Waals surface area contributed by atoms with E-state index in [-0.39, 0.29) is 42.9 Å². The van der Waals surface area contributed by atoms with Crippen molar-refractivity contribution in [3.8, 4) is 0 Å². The highest BCUT2D eigenvalue weighted by molar-refractivity contribution is 5.80. The summed E-state index contributed by atoms with van der Waals surface area (Å²) < 4.78 is 15.3. The highest BCUT2D eigenvalue weighted by Crippen LogP contribution is 2.26. The van der Waals surface area contributed by atoms with Crippen molar-refractivity contribution >= 4 is 11.8 Å². The van der Waals surface area contributed by atoms with Crippen LogP contribution in [0.3, 0.4) is 0 Å². The summed E-state index contributed by atoms with van der Waals surface area (Å²) in [4.78, 5) is 24.6. The molecule has 1 aromatic carbocycles. The van der Waals surface area contributed by atoms with E-state index in [4.69, 9.17) is 0 Å². The van der Waals surface area contributed by atoms with Crippen molar-refractivity contribution < 1.29 is 19.1 Å².